The van der Waals surface area contributed by atoms with Gasteiger partial charge in [-0.05, 0) is 43.3 Å². The summed E-state index contributed by atoms with van der Waals surface area (Å²) in [5, 5.41) is 0. The van der Waals surface area contributed by atoms with Gasteiger partial charge in [-0.15, -0.1) is 0 Å². The topological polar surface area (TPSA) is 90.0 Å². The number of rotatable bonds is 9. The standard InChI is InChI=1S/C24H23NO6S/c1-18-8-14-22(15-9-18)32(28,29)25(2)20-10-12-21(13-11-20)30-17-24(27)31-16-23(26)19-6-4-3-5-7-19/h3-15H,16-17H2,1-2H3. The van der Waals surface area contributed by atoms with Gasteiger partial charge < -0.3 is 9.47 Å². The van der Waals surface area contributed by atoms with Gasteiger partial charge in [0.15, 0.2) is 19.0 Å². The van der Waals surface area contributed by atoms with Gasteiger partial charge in [0, 0.05) is 12.6 Å². The molecule has 166 valence electrons. The number of anilines is 1. The average molecular weight is 454 g/mol. The van der Waals surface area contributed by atoms with E-state index >= 15 is 0 Å². The fourth-order valence-electron chi connectivity index (χ4n) is 2.80. The maximum atomic E-state index is 12.8. The second-order valence-corrected chi connectivity index (χ2v) is 8.99. The second kappa shape index (κ2) is 10.1. The number of carbonyl (C=O) groups is 2. The molecule has 0 atom stereocenters. The van der Waals surface area contributed by atoms with Crippen LogP contribution in [0.1, 0.15) is 15.9 Å². The lowest BCUT2D eigenvalue weighted by molar-refractivity contribution is -0.144. The van der Waals surface area contributed by atoms with Crippen LogP contribution in [0.5, 0.6) is 5.75 Å². The van der Waals surface area contributed by atoms with Crippen molar-refractivity contribution in [1.82, 2.24) is 0 Å². The van der Waals surface area contributed by atoms with Crippen LogP contribution in [-0.4, -0.2) is 40.4 Å². The second-order valence-electron chi connectivity index (χ2n) is 7.02. The molecule has 0 aliphatic carbocycles. The number of aryl methyl sites for hydroxylation is 1. The molecule has 3 aromatic rings. The van der Waals surface area contributed by atoms with E-state index in [-0.39, 0.29) is 23.9 Å². The number of esters is 1. The zero-order valence-electron chi connectivity index (χ0n) is 17.7. The molecule has 0 bridgehead atoms. The summed E-state index contributed by atoms with van der Waals surface area (Å²) in [4.78, 5) is 24.0. The minimum atomic E-state index is -3.70. The first-order valence-corrected chi connectivity index (χ1v) is 11.2. The zero-order valence-corrected chi connectivity index (χ0v) is 18.5. The summed E-state index contributed by atoms with van der Waals surface area (Å²) in [6.07, 6.45) is 0. The minimum Gasteiger partial charge on any atom is -0.482 e. The smallest absolute Gasteiger partial charge is 0.344 e. The molecule has 32 heavy (non-hydrogen) atoms. The number of ketones is 1. The van der Waals surface area contributed by atoms with E-state index in [0.717, 1.165) is 5.56 Å². The Bertz CT molecular complexity index is 1170. The molecule has 0 aliphatic rings. The Hall–Kier alpha value is -3.65. The Balaban J connectivity index is 1.53. The summed E-state index contributed by atoms with van der Waals surface area (Å²) in [5.41, 5.74) is 1.87. The van der Waals surface area contributed by atoms with Crippen LogP contribution in [0.25, 0.3) is 0 Å². The van der Waals surface area contributed by atoms with Gasteiger partial charge in [0.25, 0.3) is 10.0 Å². The number of Topliss-reactive ketones (excluding diaryl/α,β-unsaturated/α-hetero) is 1. The molecule has 0 aromatic heterocycles. The van der Waals surface area contributed by atoms with Crippen LogP contribution in [0.4, 0.5) is 5.69 Å². The van der Waals surface area contributed by atoms with E-state index in [0.29, 0.717) is 17.0 Å². The van der Waals surface area contributed by atoms with Gasteiger partial charge in [0.05, 0.1) is 10.6 Å². The number of hydrogen-bond acceptors (Lipinski definition) is 6. The van der Waals surface area contributed by atoms with Gasteiger partial charge in [0.1, 0.15) is 5.75 Å². The molecule has 0 radical (unpaired) electrons. The SMILES string of the molecule is Cc1ccc(S(=O)(=O)N(C)c2ccc(OCC(=O)OCC(=O)c3ccccc3)cc2)cc1. The van der Waals surface area contributed by atoms with Crippen molar-refractivity contribution >= 4 is 27.5 Å². The maximum absolute atomic E-state index is 12.8. The third kappa shape index (κ3) is 5.73. The molecule has 0 N–H and O–H groups in total. The molecule has 0 saturated heterocycles. The molecule has 7 nitrogen and oxygen atoms in total. The van der Waals surface area contributed by atoms with Gasteiger partial charge >= 0.3 is 5.97 Å². The van der Waals surface area contributed by atoms with Crippen LogP contribution in [0.3, 0.4) is 0 Å². The molecule has 8 heteroatoms. The first kappa shape index (κ1) is 23.0. The predicted molar refractivity (Wildman–Crippen MR) is 120 cm³/mol. The van der Waals surface area contributed by atoms with Crippen molar-refractivity contribution in [3.8, 4) is 5.75 Å². The van der Waals surface area contributed by atoms with E-state index in [1.165, 1.54) is 11.4 Å². The first-order chi connectivity index (χ1) is 15.3. The third-order valence-electron chi connectivity index (χ3n) is 4.70. The van der Waals surface area contributed by atoms with Crippen LogP contribution in [0.15, 0.2) is 83.8 Å². The van der Waals surface area contributed by atoms with E-state index in [2.05, 4.69) is 0 Å². The monoisotopic (exact) mass is 453 g/mol. The number of sulfonamides is 1. The molecule has 0 aliphatic heterocycles. The minimum absolute atomic E-state index is 0.193. The summed E-state index contributed by atoms with van der Waals surface area (Å²) in [5.74, 6) is -0.625. The summed E-state index contributed by atoms with van der Waals surface area (Å²) >= 11 is 0. The van der Waals surface area contributed by atoms with Crippen LogP contribution in [0.2, 0.25) is 0 Å². The van der Waals surface area contributed by atoms with Crippen molar-refractivity contribution in [2.75, 3.05) is 24.6 Å². The highest BCUT2D eigenvalue weighted by Gasteiger charge is 2.21. The number of benzene rings is 3. The normalized spacial score (nSPS) is 10.9. The van der Waals surface area contributed by atoms with E-state index in [1.807, 2.05) is 6.92 Å². The zero-order chi connectivity index (χ0) is 23.1. The number of hydrogen-bond donors (Lipinski definition) is 0. The predicted octanol–water partition coefficient (Wildman–Crippen LogP) is 3.63. The van der Waals surface area contributed by atoms with Gasteiger partial charge in [0.2, 0.25) is 0 Å². The Morgan fingerprint density at radius 1 is 0.844 bits per heavy atom. The van der Waals surface area contributed by atoms with Gasteiger partial charge in [-0.25, -0.2) is 13.2 Å². The van der Waals surface area contributed by atoms with E-state index < -0.39 is 16.0 Å². The third-order valence-corrected chi connectivity index (χ3v) is 6.50. The first-order valence-electron chi connectivity index (χ1n) is 9.80. The molecule has 0 spiro atoms. The summed E-state index contributed by atoms with van der Waals surface area (Å²) < 4.78 is 37.0. The molecule has 0 unspecified atom stereocenters. The Morgan fingerprint density at radius 3 is 2.09 bits per heavy atom. The molecular weight excluding hydrogens is 430 g/mol. The van der Waals surface area contributed by atoms with Crippen LogP contribution < -0.4 is 9.04 Å². The molecule has 0 heterocycles. The van der Waals surface area contributed by atoms with Gasteiger partial charge in [-0.2, -0.15) is 0 Å². The number of nitrogens with zero attached hydrogens (tertiary/aromatic N) is 1. The molecule has 0 fully saturated rings. The lowest BCUT2D eigenvalue weighted by Gasteiger charge is -2.20. The van der Waals surface area contributed by atoms with Crippen molar-refractivity contribution in [3.05, 3.63) is 90.0 Å². The Labute approximate surface area is 187 Å². The largest absolute Gasteiger partial charge is 0.482 e. The molecule has 3 rings (SSSR count). The highest BCUT2D eigenvalue weighted by molar-refractivity contribution is 7.92. The summed E-state index contributed by atoms with van der Waals surface area (Å²) in [6.45, 7) is 1.14. The van der Waals surface area contributed by atoms with Crippen molar-refractivity contribution in [3.63, 3.8) is 0 Å². The van der Waals surface area contributed by atoms with E-state index in [1.54, 1.807) is 78.9 Å². The highest BCUT2D eigenvalue weighted by Crippen LogP contribution is 2.24. The van der Waals surface area contributed by atoms with Crippen LogP contribution >= 0.6 is 0 Å². The lowest BCUT2D eigenvalue weighted by Crippen LogP contribution is -2.26. The van der Waals surface area contributed by atoms with E-state index in [9.17, 15) is 18.0 Å². The van der Waals surface area contributed by atoms with Crippen molar-refractivity contribution < 1.29 is 27.5 Å². The highest BCUT2D eigenvalue weighted by atomic mass is 32.2. The summed E-state index contributed by atoms with van der Waals surface area (Å²) in [6, 6.07) is 21.4. The van der Waals surface area contributed by atoms with E-state index in [4.69, 9.17) is 9.47 Å². The fourth-order valence-corrected chi connectivity index (χ4v) is 3.99. The quantitative estimate of drug-likeness (QED) is 0.363. The lowest BCUT2D eigenvalue weighted by atomic mass is 10.1. The maximum Gasteiger partial charge on any atom is 0.344 e. The Kier molecular flexibility index (Phi) is 7.27. The molecular formula is C24H23NO6S. The van der Waals surface area contributed by atoms with Crippen molar-refractivity contribution in [1.29, 1.82) is 0 Å². The van der Waals surface area contributed by atoms with Gasteiger partial charge in [-0.1, -0.05) is 48.0 Å². The average Bonchev–Trinajstić information content (AvgIpc) is 2.82. The fraction of sp³-hybridized carbons (Fsp3) is 0.167. The Morgan fingerprint density at radius 2 is 1.47 bits per heavy atom. The molecule has 0 amide bonds. The number of ether oxygens (including phenoxy) is 2. The number of carbonyl (C=O) groups excluding carboxylic acids is 2. The van der Waals surface area contributed by atoms with Crippen LogP contribution in [0, 0.1) is 6.92 Å². The molecule has 3 aromatic carbocycles. The van der Waals surface area contributed by atoms with Crippen molar-refractivity contribution in [2.24, 2.45) is 0 Å². The van der Waals surface area contributed by atoms with Crippen LogP contribution in [-0.2, 0) is 19.6 Å². The van der Waals surface area contributed by atoms with Gasteiger partial charge in [-0.3, -0.25) is 9.10 Å². The molecule has 0 saturated carbocycles. The van der Waals surface area contributed by atoms with Crippen molar-refractivity contribution in [2.45, 2.75) is 11.8 Å². The summed E-state index contributed by atoms with van der Waals surface area (Å²) in [7, 11) is -2.23.